The van der Waals surface area contributed by atoms with Crippen molar-refractivity contribution in [1.29, 1.82) is 10.5 Å². The van der Waals surface area contributed by atoms with Gasteiger partial charge in [-0.25, -0.2) is 0 Å². The molecule has 0 N–H and O–H groups in total. The molecule has 0 amide bonds. The zero-order chi connectivity index (χ0) is 11.9. The first-order valence-corrected chi connectivity index (χ1v) is 5.61. The van der Waals surface area contributed by atoms with Crippen molar-refractivity contribution < 1.29 is 0 Å². The van der Waals surface area contributed by atoms with Crippen LogP contribution in [0.15, 0.2) is 42.5 Å². The number of nitrogens with zero attached hydrogens (tertiary/aromatic N) is 2. The van der Waals surface area contributed by atoms with E-state index in [1.807, 2.05) is 42.5 Å². The molecule has 2 unspecified atom stereocenters. The average Bonchev–Trinajstić information content (AvgIpc) is 3.13. The van der Waals surface area contributed by atoms with Gasteiger partial charge in [-0.05, 0) is 22.8 Å². The van der Waals surface area contributed by atoms with Gasteiger partial charge in [0.15, 0.2) is 0 Å². The zero-order valence-corrected chi connectivity index (χ0v) is 9.22. The van der Waals surface area contributed by atoms with Gasteiger partial charge in [-0.3, -0.25) is 0 Å². The van der Waals surface area contributed by atoms with Crippen LogP contribution in [0.1, 0.15) is 12.0 Å². The zero-order valence-electron chi connectivity index (χ0n) is 9.22. The van der Waals surface area contributed by atoms with Gasteiger partial charge in [0, 0.05) is 0 Å². The van der Waals surface area contributed by atoms with Crippen LogP contribution in [0.5, 0.6) is 0 Å². The first kappa shape index (κ1) is 9.87. The monoisotopic (exact) mass is 218 g/mol. The van der Waals surface area contributed by atoms with Gasteiger partial charge in [-0.2, -0.15) is 10.5 Å². The maximum absolute atomic E-state index is 9.37. The first-order valence-electron chi connectivity index (χ1n) is 5.61. The molecule has 0 radical (unpaired) electrons. The van der Waals surface area contributed by atoms with Crippen molar-refractivity contribution in [2.75, 3.05) is 0 Å². The molecule has 2 aromatic carbocycles. The molecule has 0 spiro atoms. The number of benzene rings is 2. The molecule has 3 rings (SSSR count). The Morgan fingerprint density at radius 2 is 1.82 bits per heavy atom. The highest BCUT2D eigenvalue weighted by Crippen LogP contribution is 2.54. The Hall–Kier alpha value is -2.32. The normalized spacial score (nSPS) is 26.1. The Kier molecular flexibility index (Phi) is 1.94. The van der Waals surface area contributed by atoms with Crippen LogP contribution in [0.4, 0.5) is 0 Å². The topological polar surface area (TPSA) is 47.6 Å². The Morgan fingerprint density at radius 1 is 1.06 bits per heavy atom. The predicted molar refractivity (Wildman–Crippen MR) is 65.0 cm³/mol. The first-order chi connectivity index (χ1) is 8.31. The lowest BCUT2D eigenvalue weighted by Gasteiger charge is -2.10. The molecule has 1 aliphatic carbocycles. The summed E-state index contributed by atoms with van der Waals surface area (Å²) < 4.78 is 0. The van der Waals surface area contributed by atoms with Crippen molar-refractivity contribution in [2.24, 2.45) is 5.92 Å². The lowest BCUT2D eigenvalue weighted by atomic mass is 9.90. The third kappa shape index (κ3) is 1.25. The van der Waals surface area contributed by atoms with Crippen molar-refractivity contribution >= 4 is 10.8 Å². The highest BCUT2D eigenvalue weighted by atomic mass is 14.6. The molecule has 2 atom stereocenters. The smallest absolute Gasteiger partial charge is 0.0999 e. The molecule has 1 saturated carbocycles. The summed E-state index contributed by atoms with van der Waals surface area (Å²) in [5.41, 5.74) is 0.431. The lowest BCUT2D eigenvalue weighted by molar-refractivity contribution is 0.858. The quantitative estimate of drug-likeness (QED) is 0.738. The summed E-state index contributed by atoms with van der Waals surface area (Å²) in [5.74, 6) is -0.154. The highest BCUT2D eigenvalue weighted by molar-refractivity contribution is 5.87. The molecule has 0 aromatic heterocycles. The third-order valence-electron chi connectivity index (χ3n) is 3.59. The Bertz CT molecular complexity index is 670. The van der Waals surface area contributed by atoms with Crippen LogP contribution in [0.3, 0.4) is 0 Å². The van der Waals surface area contributed by atoms with Gasteiger partial charge in [0.05, 0.1) is 23.5 Å². The minimum Gasteiger partial charge on any atom is -0.198 e. The maximum atomic E-state index is 9.37. The van der Waals surface area contributed by atoms with Crippen molar-refractivity contribution in [2.45, 2.75) is 11.8 Å². The van der Waals surface area contributed by atoms with Crippen molar-refractivity contribution in [3.05, 3.63) is 48.0 Å². The van der Waals surface area contributed by atoms with Crippen molar-refractivity contribution in [3.8, 4) is 12.1 Å². The van der Waals surface area contributed by atoms with Gasteiger partial charge < -0.3 is 0 Å². The third-order valence-corrected chi connectivity index (χ3v) is 3.59. The van der Waals surface area contributed by atoms with E-state index in [0.717, 1.165) is 16.3 Å². The van der Waals surface area contributed by atoms with Crippen LogP contribution in [-0.2, 0) is 5.41 Å². The SMILES string of the molecule is N#CC1CC1(C#N)c1cccc2ccccc12. The predicted octanol–water partition coefficient (Wildman–Crippen LogP) is 3.14. The van der Waals surface area contributed by atoms with E-state index < -0.39 is 5.41 Å². The average molecular weight is 218 g/mol. The van der Waals surface area contributed by atoms with Crippen LogP contribution in [0, 0.1) is 28.6 Å². The van der Waals surface area contributed by atoms with E-state index in [-0.39, 0.29) is 5.92 Å². The molecule has 2 heteroatoms. The van der Waals surface area contributed by atoms with Crippen molar-refractivity contribution in [1.82, 2.24) is 0 Å². The molecular formula is C15H10N2. The van der Waals surface area contributed by atoms with E-state index in [0.29, 0.717) is 6.42 Å². The van der Waals surface area contributed by atoms with Crippen LogP contribution in [-0.4, -0.2) is 0 Å². The van der Waals surface area contributed by atoms with Crippen LogP contribution >= 0.6 is 0 Å². The summed E-state index contributed by atoms with van der Waals surface area (Å²) in [4.78, 5) is 0. The molecular weight excluding hydrogens is 208 g/mol. The lowest BCUT2D eigenvalue weighted by Crippen LogP contribution is -2.07. The second-order valence-electron chi connectivity index (χ2n) is 4.50. The molecule has 2 aromatic rings. The molecule has 0 heterocycles. The Morgan fingerprint density at radius 3 is 2.53 bits per heavy atom. The molecule has 0 bridgehead atoms. The van der Waals surface area contributed by atoms with E-state index >= 15 is 0 Å². The number of hydrogen-bond donors (Lipinski definition) is 0. The molecule has 1 aliphatic rings. The van der Waals surface area contributed by atoms with E-state index in [1.165, 1.54) is 0 Å². The van der Waals surface area contributed by atoms with Crippen LogP contribution < -0.4 is 0 Å². The fraction of sp³-hybridized carbons (Fsp3) is 0.200. The fourth-order valence-corrected chi connectivity index (χ4v) is 2.51. The minimum atomic E-state index is -0.574. The standard InChI is InChI=1S/C15H10N2/c16-9-12-8-15(12,10-17)14-7-3-5-11-4-1-2-6-13(11)14/h1-7,12H,8H2. The number of rotatable bonds is 1. The molecule has 1 fully saturated rings. The van der Waals surface area contributed by atoms with Crippen LogP contribution in [0.25, 0.3) is 10.8 Å². The molecule has 17 heavy (non-hydrogen) atoms. The van der Waals surface area contributed by atoms with Crippen LogP contribution in [0.2, 0.25) is 0 Å². The van der Waals surface area contributed by atoms with E-state index in [9.17, 15) is 5.26 Å². The maximum Gasteiger partial charge on any atom is 0.0999 e. The summed E-state index contributed by atoms with van der Waals surface area (Å²) in [6, 6.07) is 18.6. The van der Waals surface area contributed by atoms with Gasteiger partial charge in [-0.15, -0.1) is 0 Å². The number of fused-ring (bicyclic) bond motifs is 1. The molecule has 80 valence electrons. The summed E-state index contributed by atoms with van der Waals surface area (Å²) in [7, 11) is 0. The fourth-order valence-electron chi connectivity index (χ4n) is 2.51. The van der Waals surface area contributed by atoms with E-state index in [2.05, 4.69) is 12.1 Å². The molecule has 0 saturated heterocycles. The second-order valence-corrected chi connectivity index (χ2v) is 4.50. The van der Waals surface area contributed by atoms with Gasteiger partial charge in [0.2, 0.25) is 0 Å². The number of hydrogen-bond acceptors (Lipinski definition) is 2. The van der Waals surface area contributed by atoms with E-state index in [4.69, 9.17) is 5.26 Å². The number of nitriles is 2. The Labute approximate surface area is 99.7 Å². The van der Waals surface area contributed by atoms with Gasteiger partial charge in [-0.1, -0.05) is 42.5 Å². The highest BCUT2D eigenvalue weighted by Gasteiger charge is 2.57. The summed E-state index contributed by atoms with van der Waals surface area (Å²) in [5, 5.41) is 20.6. The molecule has 0 aliphatic heterocycles. The van der Waals surface area contributed by atoms with Gasteiger partial charge >= 0.3 is 0 Å². The largest absolute Gasteiger partial charge is 0.198 e. The van der Waals surface area contributed by atoms with E-state index in [1.54, 1.807) is 0 Å². The Balaban J connectivity index is 2.27. The summed E-state index contributed by atoms with van der Waals surface area (Å²) in [6.45, 7) is 0. The van der Waals surface area contributed by atoms with Gasteiger partial charge in [0.1, 0.15) is 0 Å². The molecule has 2 nitrogen and oxygen atoms in total. The van der Waals surface area contributed by atoms with Crippen molar-refractivity contribution in [3.63, 3.8) is 0 Å². The summed E-state index contributed by atoms with van der Waals surface area (Å²) in [6.07, 6.45) is 0.661. The summed E-state index contributed by atoms with van der Waals surface area (Å²) >= 11 is 0. The minimum absolute atomic E-state index is 0.154. The van der Waals surface area contributed by atoms with Gasteiger partial charge in [0.25, 0.3) is 0 Å². The second kappa shape index (κ2) is 3.34.